The van der Waals surface area contributed by atoms with Gasteiger partial charge in [-0.05, 0) is 43.1 Å². The first kappa shape index (κ1) is 11.3. The third-order valence-electron chi connectivity index (χ3n) is 3.69. The summed E-state index contributed by atoms with van der Waals surface area (Å²) in [5, 5.41) is 13.7. The minimum Gasteiger partial charge on any atom is -0.361 e. The van der Waals surface area contributed by atoms with Crippen molar-refractivity contribution in [1.29, 1.82) is 5.26 Å². The van der Waals surface area contributed by atoms with Crippen LogP contribution in [0.15, 0.2) is 24.4 Å². The van der Waals surface area contributed by atoms with E-state index in [1.807, 2.05) is 18.2 Å². The molecule has 1 aliphatic carbocycles. The molecule has 2 unspecified atom stereocenters. The van der Waals surface area contributed by atoms with Gasteiger partial charge in [-0.3, -0.25) is 0 Å². The number of hydrogen-bond acceptors (Lipinski definition) is 2. The average Bonchev–Trinajstić information content (AvgIpc) is 3.05. The number of nitriles is 1. The molecular formula is C15H17N3. The predicted molar refractivity (Wildman–Crippen MR) is 72.5 cm³/mol. The summed E-state index contributed by atoms with van der Waals surface area (Å²) in [6.45, 7) is 3.28. The molecule has 3 rings (SSSR count). The molecular weight excluding hydrogens is 222 g/mol. The first-order valence-electron chi connectivity index (χ1n) is 6.58. The Balaban J connectivity index is 1.87. The van der Waals surface area contributed by atoms with E-state index >= 15 is 0 Å². The van der Waals surface area contributed by atoms with Crippen LogP contribution in [-0.4, -0.2) is 17.6 Å². The van der Waals surface area contributed by atoms with Gasteiger partial charge in [0.15, 0.2) is 0 Å². The topological polar surface area (TPSA) is 51.6 Å². The van der Waals surface area contributed by atoms with E-state index in [2.05, 4.69) is 29.5 Å². The molecule has 1 aromatic heterocycles. The molecule has 0 spiro atoms. The number of fused-ring (bicyclic) bond motifs is 1. The summed E-state index contributed by atoms with van der Waals surface area (Å²) in [5.41, 5.74) is 3.22. The van der Waals surface area contributed by atoms with Crippen LogP contribution in [0.1, 0.15) is 36.8 Å². The number of nitrogens with one attached hydrogen (secondary N) is 2. The Morgan fingerprint density at radius 1 is 1.50 bits per heavy atom. The second-order valence-electron chi connectivity index (χ2n) is 5.02. The van der Waals surface area contributed by atoms with Gasteiger partial charge in [0.05, 0.1) is 11.6 Å². The summed E-state index contributed by atoms with van der Waals surface area (Å²) in [5.74, 6) is 0.610. The maximum Gasteiger partial charge on any atom is 0.0991 e. The van der Waals surface area contributed by atoms with Crippen LogP contribution in [-0.2, 0) is 0 Å². The third kappa shape index (κ3) is 1.89. The Bertz CT molecular complexity index is 606. The zero-order chi connectivity index (χ0) is 12.5. The van der Waals surface area contributed by atoms with Crippen LogP contribution in [0.4, 0.5) is 0 Å². The lowest BCUT2D eigenvalue weighted by atomic mass is 10.1. The molecule has 2 atom stereocenters. The molecule has 2 N–H and O–H groups in total. The number of benzene rings is 1. The predicted octanol–water partition coefficient (Wildman–Crippen LogP) is 2.90. The van der Waals surface area contributed by atoms with Gasteiger partial charge in [-0.15, -0.1) is 0 Å². The Labute approximate surface area is 107 Å². The number of H-pyrrole nitrogens is 1. The van der Waals surface area contributed by atoms with Gasteiger partial charge in [0.25, 0.3) is 0 Å². The molecule has 3 heteroatoms. The molecule has 0 aliphatic heterocycles. The third-order valence-corrected chi connectivity index (χ3v) is 3.69. The maximum atomic E-state index is 8.98. The highest BCUT2D eigenvalue weighted by molar-refractivity contribution is 5.85. The van der Waals surface area contributed by atoms with Gasteiger partial charge in [-0.1, -0.05) is 6.92 Å². The first-order chi connectivity index (χ1) is 8.83. The van der Waals surface area contributed by atoms with Gasteiger partial charge in [0, 0.05) is 29.1 Å². The lowest BCUT2D eigenvalue weighted by molar-refractivity contribution is 0.659. The van der Waals surface area contributed by atoms with Crippen molar-refractivity contribution >= 4 is 10.9 Å². The molecule has 2 aromatic rings. The summed E-state index contributed by atoms with van der Waals surface area (Å²) in [4.78, 5) is 3.30. The van der Waals surface area contributed by atoms with Gasteiger partial charge < -0.3 is 10.3 Å². The summed E-state index contributed by atoms with van der Waals surface area (Å²) in [6.07, 6.45) is 4.49. The van der Waals surface area contributed by atoms with Gasteiger partial charge in [-0.2, -0.15) is 5.26 Å². The summed E-state index contributed by atoms with van der Waals surface area (Å²) in [7, 11) is 0. The smallest absolute Gasteiger partial charge is 0.0991 e. The molecule has 92 valence electrons. The summed E-state index contributed by atoms with van der Waals surface area (Å²) in [6, 6.07) is 8.69. The fourth-order valence-electron chi connectivity index (χ4n) is 2.61. The Morgan fingerprint density at radius 3 is 3.17 bits per heavy atom. The monoisotopic (exact) mass is 239 g/mol. The number of aromatic nitrogens is 1. The fourth-order valence-corrected chi connectivity index (χ4v) is 2.61. The van der Waals surface area contributed by atoms with E-state index < -0.39 is 0 Å². The molecule has 18 heavy (non-hydrogen) atoms. The van der Waals surface area contributed by atoms with E-state index in [9.17, 15) is 0 Å². The summed E-state index contributed by atoms with van der Waals surface area (Å²) >= 11 is 0. The lowest BCUT2D eigenvalue weighted by Crippen LogP contribution is -2.18. The van der Waals surface area contributed by atoms with Gasteiger partial charge in [0.2, 0.25) is 0 Å². The minimum absolute atomic E-state index is 0.610. The van der Waals surface area contributed by atoms with Crippen LogP contribution < -0.4 is 5.32 Å². The zero-order valence-corrected chi connectivity index (χ0v) is 10.5. The van der Waals surface area contributed by atoms with E-state index in [-0.39, 0.29) is 0 Å². The van der Waals surface area contributed by atoms with E-state index in [1.54, 1.807) is 0 Å². The van der Waals surface area contributed by atoms with E-state index in [0.29, 0.717) is 12.0 Å². The lowest BCUT2D eigenvalue weighted by Gasteiger charge is -2.01. The Hall–Kier alpha value is -1.79. The second kappa shape index (κ2) is 4.47. The molecule has 1 saturated carbocycles. The van der Waals surface area contributed by atoms with Gasteiger partial charge >= 0.3 is 0 Å². The number of hydrogen-bond donors (Lipinski definition) is 2. The Morgan fingerprint density at radius 2 is 2.39 bits per heavy atom. The normalized spacial score (nSPS) is 22.0. The molecule has 1 heterocycles. The van der Waals surface area contributed by atoms with E-state index in [4.69, 9.17) is 5.26 Å². The van der Waals surface area contributed by atoms with Crippen molar-refractivity contribution in [2.24, 2.45) is 0 Å². The van der Waals surface area contributed by atoms with Crippen LogP contribution in [0.2, 0.25) is 0 Å². The van der Waals surface area contributed by atoms with Crippen molar-refractivity contribution in [3.8, 4) is 6.07 Å². The molecule has 0 bridgehead atoms. The number of nitrogens with zero attached hydrogens (tertiary/aromatic N) is 1. The molecule has 3 nitrogen and oxygen atoms in total. The highest BCUT2D eigenvalue weighted by Crippen LogP contribution is 2.43. The van der Waals surface area contributed by atoms with Crippen molar-refractivity contribution in [1.82, 2.24) is 10.3 Å². The van der Waals surface area contributed by atoms with Crippen LogP contribution in [0.25, 0.3) is 10.9 Å². The van der Waals surface area contributed by atoms with E-state index in [0.717, 1.165) is 17.6 Å². The highest BCUT2D eigenvalue weighted by atomic mass is 15.0. The van der Waals surface area contributed by atoms with Crippen LogP contribution in [0.5, 0.6) is 0 Å². The molecule has 1 aliphatic rings. The average molecular weight is 239 g/mol. The fraction of sp³-hybridized carbons (Fsp3) is 0.400. The van der Waals surface area contributed by atoms with Crippen molar-refractivity contribution in [2.45, 2.75) is 31.7 Å². The van der Waals surface area contributed by atoms with E-state index in [1.165, 1.54) is 23.8 Å². The standard InChI is InChI=1S/C15H17N3/c1-2-5-17-15-7-12(15)13-9-18-14-4-3-10(8-16)6-11(13)14/h3-4,6,9,12,15,17-18H,2,5,7H2,1H3. The minimum atomic E-state index is 0.610. The maximum absolute atomic E-state index is 8.98. The largest absolute Gasteiger partial charge is 0.361 e. The molecule has 0 amide bonds. The first-order valence-corrected chi connectivity index (χ1v) is 6.58. The highest BCUT2D eigenvalue weighted by Gasteiger charge is 2.39. The second-order valence-corrected chi connectivity index (χ2v) is 5.02. The molecule has 1 fully saturated rings. The van der Waals surface area contributed by atoms with Gasteiger partial charge in [0.1, 0.15) is 0 Å². The number of aromatic amines is 1. The van der Waals surface area contributed by atoms with Crippen LogP contribution in [0, 0.1) is 11.3 Å². The molecule has 0 saturated heterocycles. The molecule has 1 aromatic carbocycles. The molecule has 0 radical (unpaired) electrons. The van der Waals surface area contributed by atoms with Crippen molar-refractivity contribution in [3.05, 3.63) is 35.5 Å². The Kier molecular flexibility index (Phi) is 2.81. The van der Waals surface area contributed by atoms with Crippen LogP contribution in [0.3, 0.4) is 0 Å². The van der Waals surface area contributed by atoms with Gasteiger partial charge in [-0.25, -0.2) is 0 Å². The summed E-state index contributed by atoms with van der Waals surface area (Å²) < 4.78 is 0. The zero-order valence-electron chi connectivity index (χ0n) is 10.5. The van der Waals surface area contributed by atoms with Crippen molar-refractivity contribution < 1.29 is 0 Å². The number of rotatable bonds is 4. The SMILES string of the molecule is CCCNC1CC1c1c[nH]c2ccc(C#N)cc12. The quantitative estimate of drug-likeness (QED) is 0.862. The van der Waals surface area contributed by atoms with Crippen molar-refractivity contribution in [3.63, 3.8) is 0 Å². The van der Waals surface area contributed by atoms with Crippen LogP contribution >= 0.6 is 0 Å². The van der Waals surface area contributed by atoms with Crippen molar-refractivity contribution in [2.75, 3.05) is 6.54 Å².